The normalized spacial score (nSPS) is 11.3. The van der Waals surface area contributed by atoms with Crippen molar-refractivity contribution in [2.45, 2.75) is 116 Å². The average molecular weight is 355 g/mol. The Bertz CT molecular complexity index is 382. The Balaban J connectivity index is 0.00000576. The Labute approximate surface area is 180 Å². The Hall–Kier alpha value is 0.220. The summed E-state index contributed by atoms with van der Waals surface area (Å²) in [6, 6.07) is 11.0. The maximum atomic E-state index is 2.39. The molecule has 0 N–H and O–H groups in total. The minimum absolute atomic E-state index is 0. The molecule has 0 radical (unpaired) electrons. The van der Waals surface area contributed by atoms with Crippen LogP contribution >= 0.6 is 0 Å². The van der Waals surface area contributed by atoms with E-state index in [-0.39, 0.29) is 29.6 Å². The maximum absolute atomic E-state index is 2.39. The average Bonchev–Trinajstić information content (AvgIpc) is 2.60. The molecule has 0 aliphatic rings. The van der Waals surface area contributed by atoms with Crippen LogP contribution in [-0.2, 0) is 5.41 Å². The fourth-order valence-corrected chi connectivity index (χ4v) is 3.62. The van der Waals surface area contributed by atoms with E-state index in [1.165, 1.54) is 95.5 Å². The van der Waals surface area contributed by atoms with E-state index >= 15 is 0 Å². The van der Waals surface area contributed by atoms with Gasteiger partial charge < -0.3 is 0 Å². The second kappa shape index (κ2) is 16.4. The van der Waals surface area contributed by atoms with Crippen molar-refractivity contribution in [2.24, 2.45) is 0 Å². The summed E-state index contributed by atoms with van der Waals surface area (Å²) < 4.78 is 0. The molecule has 1 rings (SSSR count). The van der Waals surface area contributed by atoms with Gasteiger partial charge in [-0.2, -0.15) is 0 Å². The summed E-state index contributed by atoms with van der Waals surface area (Å²) in [6.07, 6.45) is 20.0. The first kappa shape index (κ1) is 25.2. The zero-order valence-corrected chi connectivity index (χ0v) is 16.8. The molecule has 1 aromatic rings. The summed E-state index contributed by atoms with van der Waals surface area (Å²) in [4.78, 5) is 0. The van der Waals surface area contributed by atoms with E-state index in [4.69, 9.17) is 0 Å². The first-order chi connectivity index (χ1) is 11.7. The van der Waals surface area contributed by atoms with Gasteiger partial charge in [-0.15, -0.1) is 0 Å². The van der Waals surface area contributed by atoms with Gasteiger partial charge in [-0.05, 0) is 17.4 Å². The third-order valence-electron chi connectivity index (χ3n) is 5.46. The van der Waals surface area contributed by atoms with Gasteiger partial charge in [0.2, 0.25) is 0 Å². The molecule has 1 aromatic carbocycles. The molecule has 0 saturated heterocycles. The molecule has 0 nitrogen and oxygen atoms in total. The first-order valence-electron chi connectivity index (χ1n) is 10.7. The van der Waals surface area contributed by atoms with Crippen LogP contribution in [0.2, 0.25) is 0 Å². The Morgan fingerprint density at radius 1 is 0.600 bits per heavy atom. The van der Waals surface area contributed by atoms with Crippen LogP contribution in [0.25, 0.3) is 0 Å². The van der Waals surface area contributed by atoms with Crippen LogP contribution in [0.4, 0.5) is 0 Å². The Morgan fingerprint density at radius 2 is 1.00 bits per heavy atom. The molecule has 0 atom stereocenters. The number of rotatable bonds is 15. The Morgan fingerprint density at radius 3 is 1.44 bits per heavy atom. The van der Waals surface area contributed by atoms with Crippen molar-refractivity contribution in [3.63, 3.8) is 0 Å². The van der Waals surface area contributed by atoms with Crippen LogP contribution in [0.1, 0.15) is 116 Å². The predicted molar refractivity (Wildman–Crippen MR) is 117 cm³/mol. The van der Waals surface area contributed by atoms with E-state index in [1.807, 2.05) is 0 Å². The molecule has 0 spiro atoms. The van der Waals surface area contributed by atoms with Crippen molar-refractivity contribution >= 4 is 29.6 Å². The van der Waals surface area contributed by atoms with Gasteiger partial charge in [0.15, 0.2) is 0 Å². The van der Waals surface area contributed by atoms with Crippen molar-refractivity contribution in [2.75, 3.05) is 0 Å². The van der Waals surface area contributed by atoms with Gasteiger partial charge in [-0.25, -0.2) is 0 Å². The van der Waals surface area contributed by atoms with Crippen molar-refractivity contribution in [1.29, 1.82) is 0 Å². The van der Waals surface area contributed by atoms with Crippen LogP contribution in [0, 0.1) is 0 Å². The van der Waals surface area contributed by atoms with E-state index in [2.05, 4.69) is 51.1 Å². The number of hydrogen-bond acceptors (Lipinski definition) is 0. The summed E-state index contributed by atoms with van der Waals surface area (Å²) in [6.45, 7) is 7.08. The molecule has 25 heavy (non-hydrogen) atoms. The monoisotopic (exact) mass is 354 g/mol. The molecule has 0 fully saturated rings. The molecule has 1 heteroatoms. The fourth-order valence-electron chi connectivity index (χ4n) is 3.62. The Kier molecular flexibility index (Phi) is 16.5. The van der Waals surface area contributed by atoms with Gasteiger partial charge in [0.25, 0.3) is 0 Å². The van der Waals surface area contributed by atoms with Crippen LogP contribution < -0.4 is 0 Å². The minimum atomic E-state index is 0. The van der Waals surface area contributed by atoms with Crippen LogP contribution in [-0.4, -0.2) is 29.6 Å². The van der Waals surface area contributed by atoms with Gasteiger partial charge >= 0.3 is 29.6 Å². The van der Waals surface area contributed by atoms with E-state index < -0.39 is 0 Å². The van der Waals surface area contributed by atoms with Crippen molar-refractivity contribution in [3.05, 3.63) is 35.9 Å². The molecule has 0 amide bonds. The summed E-state index contributed by atoms with van der Waals surface area (Å²) >= 11 is 0. The van der Waals surface area contributed by atoms with E-state index in [1.54, 1.807) is 0 Å². The molecule has 0 bridgehead atoms. The summed E-state index contributed by atoms with van der Waals surface area (Å²) in [5.41, 5.74) is 1.82. The van der Waals surface area contributed by atoms with E-state index in [0.29, 0.717) is 5.41 Å². The van der Waals surface area contributed by atoms with Gasteiger partial charge in [0.05, 0.1) is 0 Å². The molecular formula is C24H43Na. The molecule has 140 valence electrons. The summed E-state index contributed by atoms with van der Waals surface area (Å²) in [7, 11) is 0. The molecular weight excluding hydrogens is 311 g/mol. The van der Waals surface area contributed by atoms with E-state index in [9.17, 15) is 0 Å². The quantitative estimate of drug-likeness (QED) is 0.223. The van der Waals surface area contributed by atoms with Crippen molar-refractivity contribution < 1.29 is 0 Å². The first-order valence-corrected chi connectivity index (χ1v) is 10.7. The standard InChI is InChI=1S/C24H42.Na.H/c1-4-5-6-7-8-9-10-11-12-13-14-15-19-22-24(2,3)23-20-17-16-18-21-23;;/h16-18,20-21H,4-15,19,22H2,1-3H3;;. The van der Waals surface area contributed by atoms with Gasteiger partial charge in [0, 0.05) is 0 Å². The fraction of sp³-hybridized carbons (Fsp3) is 0.750. The third-order valence-corrected chi connectivity index (χ3v) is 5.46. The van der Waals surface area contributed by atoms with Crippen LogP contribution in [0.5, 0.6) is 0 Å². The zero-order valence-electron chi connectivity index (χ0n) is 16.8. The van der Waals surface area contributed by atoms with Crippen molar-refractivity contribution in [3.8, 4) is 0 Å². The molecule has 0 aliphatic heterocycles. The zero-order chi connectivity index (χ0) is 17.5. The van der Waals surface area contributed by atoms with Gasteiger partial charge in [-0.1, -0.05) is 135 Å². The van der Waals surface area contributed by atoms with Crippen LogP contribution in [0.3, 0.4) is 0 Å². The second-order valence-corrected chi connectivity index (χ2v) is 8.24. The predicted octanol–water partition coefficient (Wildman–Crippen LogP) is 7.80. The molecule has 0 unspecified atom stereocenters. The van der Waals surface area contributed by atoms with Gasteiger partial charge in [0.1, 0.15) is 0 Å². The molecule has 0 heterocycles. The number of hydrogen-bond donors (Lipinski definition) is 0. The number of unbranched alkanes of at least 4 members (excludes halogenated alkanes) is 12. The van der Waals surface area contributed by atoms with E-state index in [0.717, 1.165) is 0 Å². The van der Waals surface area contributed by atoms with Gasteiger partial charge in [-0.3, -0.25) is 0 Å². The topological polar surface area (TPSA) is 0 Å². The molecule has 0 aromatic heterocycles. The SMILES string of the molecule is CCCCCCCCCCCCCCCC(C)(C)c1ccccc1.[NaH]. The van der Waals surface area contributed by atoms with Crippen LogP contribution in [0.15, 0.2) is 30.3 Å². The van der Waals surface area contributed by atoms with Crippen molar-refractivity contribution in [1.82, 2.24) is 0 Å². The molecule has 0 aliphatic carbocycles. The third kappa shape index (κ3) is 13.1. The summed E-state index contributed by atoms with van der Waals surface area (Å²) in [5.74, 6) is 0. The number of benzene rings is 1. The molecule has 0 saturated carbocycles. The summed E-state index contributed by atoms with van der Waals surface area (Å²) in [5, 5.41) is 0. The second-order valence-electron chi connectivity index (χ2n) is 8.24.